The maximum Gasteiger partial charge on any atom is 0.345 e. The molecule has 2 N–H and O–H groups in total. The number of rotatable bonds is 5. The first kappa shape index (κ1) is 18.4. The summed E-state index contributed by atoms with van der Waals surface area (Å²) in [6, 6.07) is 13.3. The zero-order valence-electron chi connectivity index (χ0n) is 14.3. The maximum absolute atomic E-state index is 12.4. The van der Waals surface area contributed by atoms with Gasteiger partial charge in [0.15, 0.2) is 0 Å². The number of anilines is 1. The molecule has 134 valence electrons. The fourth-order valence-electron chi connectivity index (χ4n) is 2.70. The zero-order valence-corrected chi connectivity index (χ0v) is 15.8. The van der Waals surface area contributed by atoms with Crippen LogP contribution in [0.4, 0.5) is 5.69 Å². The average Bonchev–Trinajstić information content (AvgIpc) is 2.66. The predicted molar refractivity (Wildman–Crippen MR) is 106 cm³/mol. The molecular weight excluding hydrogens is 372 g/mol. The maximum atomic E-state index is 12.4. The van der Waals surface area contributed by atoms with Gasteiger partial charge in [0.25, 0.3) is 5.56 Å². The van der Waals surface area contributed by atoms with E-state index in [2.05, 4.69) is 10.3 Å². The fraction of sp³-hybridized carbons (Fsp3) is 0.158. The molecule has 0 saturated heterocycles. The number of benzene rings is 2. The van der Waals surface area contributed by atoms with Gasteiger partial charge in [-0.25, -0.2) is 4.79 Å². The van der Waals surface area contributed by atoms with E-state index in [1.54, 1.807) is 30.0 Å². The molecule has 1 heterocycles. The monoisotopic (exact) mass is 388 g/mol. The van der Waals surface area contributed by atoms with Crippen molar-refractivity contribution in [2.45, 2.75) is 11.4 Å². The number of aromatic nitrogens is 1. The molecule has 0 saturated carbocycles. The van der Waals surface area contributed by atoms with E-state index in [4.69, 9.17) is 16.3 Å². The summed E-state index contributed by atoms with van der Waals surface area (Å²) in [6.45, 7) is 0.448. The third-order valence-electron chi connectivity index (χ3n) is 4.02. The normalized spacial score (nSPS) is 10.7. The Kier molecular flexibility index (Phi) is 5.54. The van der Waals surface area contributed by atoms with Crippen LogP contribution in [-0.4, -0.2) is 24.3 Å². The van der Waals surface area contributed by atoms with Crippen molar-refractivity contribution in [1.82, 2.24) is 4.98 Å². The molecule has 3 rings (SSSR count). The smallest absolute Gasteiger partial charge is 0.345 e. The molecule has 0 radical (unpaired) electrons. The van der Waals surface area contributed by atoms with Crippen molar-refractivity contribution in [2.24, 2.45) is 0 Å². The number of fused-ring (bicyclic) bond motifs is 1. The molecule has 0 aliphatic rings. The molecule has 0 spiro atoms. The number of thioether (sulfide) groups is 1. The third kappa shape index (κ3) is 3.57. The number of methoxy groups -OCH3 is 1. The summed E-state index contributed by atoms with van der Waals surface area (Å²) >= 11 is 7.87. The van der Waals surface area contributed by atoms with E-state index in [-0.39, 0.29) is 5.56 Å². The summed E-state index contributed by atoms with van der Waals surface area (Å²) < 4.78 is 4.78. The van der Waals surface area contributed by atoms with Gasteiger partial charge in [-0.05, 0) is 30.0 Å². The highest BCUT2D eigenvalue weighted by Crippen LogP contribution is 2.29. The van der Waals surface area contributed by atoms with Gasteiger partial charge in [0.1, 0.15) is 5.56 Å². The number of aromatic amines is 1. The summed E-state index contributed by atoms with van der Waals surface area (Å²) in [6.07, 6.45) is 2.02. The molecular formula is C19H17ClN2O3S. The Balaban J connectivity index is 2.07. The molecule has 0 fully saturated rings. The lowest BCUT2D eigenvalue weighted by Crippen LogP contribution is -2.22. The van der Waals surface area contributed by atoms with Crippen molar-refractivity contribution in [3.8, 4) is 0 Å². The largest absolute Gasteiger partial charge is 0.465 e. The molecule has 3 aromatic rings. The zero-order chi connectivity index (χ0) is 18.7. The molecule has 0 bridgehead atoms. The average molecular weight is 389 g/mol. The van der Waals surface area contributed by atoms with Crippen molar-refractivity contribution >= 4 is 45.9 Å². The number of ether oxygens (including phenoxy) is 1. The van der Waals surface area contributed by atoms with Crippen molar-refractivity contribution < 1.29 is 9.53 Å². The van der Waals surface area contributed by atoms with E-state index in [0.29, 0.717) is 28.2 Å². The number of halogens is 1. The molecule has 26 heavy (non-hydrogen) atoms. The van der Waals surface area contributed by atoms with Crippen LogP contribution in [-0.2, 0) is 11.3 Å². The van der Waals surface area contributed by atoms with Crippen LogP contribution in [0, 0.1) is 0 Å². The first-order valence-corrected chi connectivity index (χ1v) is 9.45. The number of hydrogen-bond acceptors (Lipinski definition) is 5. The molecule has 5 nitrogen and oxygen atoms in total. The van der Waals surface area contributed by atoms with Crippen LogP contribution in [0.3, 0.4) is 0 Å². The van der Waals surface area contributed by atoms with Crippen molar-refractivity contribution in [3.63, 3.8) is 0 Å². The first-order valence-electron chi connectivity index (χ1n) is 7.84. The minimum Gasteiger partial charge on any atom is -0.465 e. The number of esters is 1. The van der Waals surface area contributed by atoms with Crippen LogP contribution in [0.5, 0.6) is 0 Å². The van der Waals surface area contributed by atoms with E-state index in [9.17, 15) is 9.59 Å². The highest BCUT2D eigenvalue weighted by Gasteiger charge is 2.20. The lowest BCUT2D eigenvalue weighted by Gasteiger charge is -2.14. The second-order valence-corrected chi connectivity index (χ2v) is 6.85. The number of carbonyl (C=O) groups excluding carboxylic acids is 1. The standard InChI is InChI=1S/C19H17ClN2O3S/c1-25-19(24)15-17(21-10-11-6-8-12(26-2)9-7-11)13-4-3-5-14(20)16(13)22-18(15)23/h3-9H,10H2,1-2H3,(H2,21,22,23). The minimum absolute atomic E-state index is 0.0667. The van der Waals surface area contributed by atoms with E-state index < -0.39 is 11.5 Å². The summed E-state index contributed by atoms with van der Waals surface area (Å²) in [5, 5.41) is 4.26. The van der Waals surface area contributed by atoms with Crippen LogP contribution in [0.25, 0.3) is 10.9 Å². The fourth-order valence-corrected chi connectivity index (χ4v) is 3.33. The van der Waals surface area contributed by atoms with Gasteiger partial charge >= 0.3 is 5.97 Å². The SMILES string of the molecule is COC(=O)c1c(NCc2ccc(SC)cc2)c2cccc(Cl)c2[nH]c1=O. The number of hydrogen-bond donors (Lipinski definition) is 2. The van der Waals surface area contributed by atoms with Crippen LogP contribution >= 0.6 is 23.4 Å². The van der Waals surface area contributed by atoms with Crippen LogP contribution in [0.15, 0.2) is 52.2 Å². The third-order valence-corrected chi connectivity index (χ3v) is 5.07. The van der Waals surface area contributed by atoms with Gasteiger partial charge in [-0.15, -0.1) is 11.8 Å². The summed E-state index contributed by atoms with van der Waals surface area (Å²) in [7, 11) is 1.24. The summed E-state index contributed by atoms with van der Waals surface area (Å²) in [5.41, 5.74) is 1.30. The van der Waals surface area contributed by atoms with Crippen LogP contribution < -0.4 is 10.9 Å². The molecule has 0 amide bonds. The molecule has 1 aromatic heterocycles. The van der Waals surface area contributed by atoms with E-state index in [1.807, 2.05) is 30.5 Å². The van der Waals surface area contributed by atoms with Gasteiger partial charge in [-0.2, -0.15) is 0 Å². The van der Waals surface area contributed by atoms with Crippen molar-refractivity contribution in [2.75, 3.05) is 18.7 Å². The van der Waals surface area contributed by atoms with E-state index in [0.717, 1.165) is 10.5 Å². The molecule has 2 aromatic carbocycles. The Morgan fingerprint density at radius 1 is 1.23 bits per heavy atom. The molecule has 0 aliphatic heterocycles. The first-order chi connectivity index (χ1) is 12.5. The van der Waals surface area contributed by atoms with Gasteiger partial charge in [-0.1, -0.05) is 35.9 Å². The highest BCUT2D eigenvalue weighted by molar-refractivity contribution is 7.98. The number of H-pyrrole nitrogens is 1. The molecule has 0 unspecified atom stereocenters. The van der Waals surface area contributed by atoms with Gasteiger partial charge in [0.05, 0.1) is 23.3 Å². The number of nitrogens with one attached hydrogen (secondary N) is 2. The second-order valence-electron chi connectivity index (χ2n) is 5.56. The quantitative estimate of drug-likeness (QED) is 0.503. The van der Waals surface area contributed by atoms with Gasteiger partial charge in [0.2, 0.25) is 0 Å². The highest BCUT2D eigenvalue weighted by atomic mass is 35.5. The number of para-hydroxylation sites is 1. The molecule has 0 atom stereocenters. The Morgan fingerprint density at radius 3 is 2.62 bits per heavy atom. The van der Waals surface area contributed by atoms with Gasteiger partial charge < -0.3 is 15.0 Å². The Bertz CT molecular complexity index is 1020. The van der Waals surface area contributed by atoms with Gasteiger partial charge in [-0.3, -0.25) is 4.79 Å². The van der Waals surface area contributed by atoms with E-state index >= 15 is 0 Å². The second kappa shape index (κ2) is 7.85. The lowest BCUT2D eigenvalue weighted by atomic mass is 10.1. The number of carbonyl (C=O) groups is 1. The van der Waals surface area contributed by atoms with Crippen molar-refractivity contribution in [3.05, 3.63) is 69.0 Å². The van der Waals surface area contributed by atoms with Gasteiger partial charge in [0, 0.05) is 16.8 Å². The topological polar surface area (TPSA) is 71.2 Å². The summed E-state index contributed by atoms with van der Waals surface area (Å²) in [5.74, 6) is -0.701. The lowest BCUT2D eigenvalue weighted by molar-refractivity contribution is 0.0600. The van der Waals surface area contributed by atoms with E-state index in [1.165, 1.54) is 7.11 Å². The minimum atomic E-state index is -0.701. The van der Waals surface area contributed by atoms with Crippen molar-refractivity contribution in [1.29, 1.82) is 0 Å². The van der Waals surface area contributed by atoms with Crippen LogP contribution in [0.2, 0.25) is 5.02 Å². The summed E-state index contributed by atoms with van der Waals surface area (Å²) in [4.78, 5) is 28.4. The Morgan fingerprint density at radius 2 is 1.96 bits per heavy atom. The Labute approximate surface area is 159 Å². The predicted octanol–water partition coefficient (Wildman–Crippen LogP) is 4.30. The molecule has 7 heteroatoms. The molecule has 0 aliphatic carbocycles. The Hall–Kier alpha value is -2.44. The number of pyridine rings is 1. The van der Waals surface area contributed by atoms with Crippen LogP contribution in [0.1, 0.15) is 15.9 Å².